The Morgan fingerprint density at radius 1 is 1.00 bits per heavy atom. The summed E-state index contributed by atoms with van der Waals surface area (Å²) in [5.74, 6) is -0.651. The van der Waals surface area contributed by atoms with Crippen LogP contribution in [0, 0.1) is 5.92 Å². The molecule has 186 valence electrons. The Labute approximate surface area is 223 Å². The standard InChI is InChI=1S/C29H24ClN3O3S/c1-18(2)27(29(34)35)36-22-7-5-6-19(16-22)23-8-3-4-9-24(23)25-17-26(28-31-14-15-37-28)33(32-25)21-12-10-20(30)11-13-21/h3-18,27H,1-2H3,(H,34,35). The van der Waals surface area contributed by atoms with E-state index in [1.807, 2.05) is 96.7 Å². The highest BCUT2D eigenvalue weighted by atomic mass is 35.5. The van der Waals surface area contributed by atoms with Crippen molar-refractivity contribution >= 4 is 28.9 Å². The van der Waals surface area contributed by atoms with Crippen LogP contribution in [0.4, 0.5) is 0 Å². The van der Waals surface area contributed by atoms with Gasteiger partial charge in [0.1, 0.15) is 16.5 Å². The van der Waals surface area contributed by atoms with Crippen molar-refractivity contribution in [2.75, 3.05) is 0 Å². The second-order valence-corrected chi connectivity index (χ2v) is 10.2. The summed E-state index contributed by atoms with van der Waals surface area (Å²) >= 11 is 7.67. The zero-order valence-corrected chi connectivity index (χ0v) is 21.8. The summed E-state index contributed by atoms with van der Waals surface area (Å²) in [6.07, 6.45) is 0.848. The second kappa shape index (κ2) is 10.6. The highest BCUT2D eigenvalue weighted by molar-refractivity contribution is 7.13. The van der Waals surface area contributed by atoms with Crippen LogP contribution in [0.5, 0.6) is 5.75 Å². The summed E-state index contributed by atoms with van der Waals surface area (Å²) < 4.78 is 7.72. The maximum Gasteiger partial charge on any atom is 0.345 e. The van der Waals surface area contributed by atoms with Gasteiger partial charge in [-0.3, -0.25) is 0 Å². The maximum atomic E-state index is 11.7. The fourth-order valence-electron chi connectivity index (χ4n) is 4.11. The third-order valence-electron chi connectivity index (χ3n) is 5.89. The molecule has 5 rings (SSSR count). The summed E-state index contributed by atoms with van der Waals surface area (Å²) in [5.41, 5.74) is 5.33. The summed E-state index contributed by atoms with van der Waals surface area (Å²) in [4.78, 5) is 16.2. The van der Waals surface area contributed by atoms with Crippen LogP contribution in [-0.4, -0.2) is 31.9 Å². The Morgan fingerprint density at radius 3 is 2.43 bits per heavy atom. The Balaban J connectivity index is 1.59. The van der Waals surface area contributed by atoms with Crippen LogP contribution in [-0.2, 0) is 4.79 Å². The molecule has 6 nitrogen and oxygen atoms in total. The number of hydrogen-bond donors (Lipinski definition) is 1. The Bertz CT molecular complexity index is 1530. The summed E-state index contributed by atoms with van der Waals surface area (Å²) in [5, 5.41) is 18.0. The van der Waals surface area contributed by atoms with Gasteiger partial charge >= 0.3 is 5.97 Å². The molecule has 37 heavy (non-hydrogen) atoms. The predicted molar refractivity (Wildman–Crippen MR) is 147 cm³/mol. The van der Waals surface area contributed by atoms with Gasteiger partial charge in [-0.05, 0) is 53.6 Å². The average molecular weight is 530 g/mol. The van der Waals surface area contributed by atoms with Gasteiger partial charge in [-0.2, -0.15) is 5.10 Å². The zero-order chi connectivity index (χ0) is 25.9. The van der Waals surface area contributed by atoms with Crippen LogP contribution in [0.15, 0.2) is 90.4 Å². The van der Waals surface area contributed by atoms with E-state index in [-0.39, 0.29) is 5.92 Å². The Kier molecular flexibility index (Phi) is 7.08. The van der Waals surface area contributed by atoms with Gasteiger partial charge in [-0.15, -0.1) is 11.3 Å². The second-order valence-electron chi connectivity index (χ2n) is 8.83. The summed E-state index contributed by atoms with van der Waals surface area (Å²) in [6, 6.07) is 25.1. The smallest absolute Gasteiger partial charge is 0.345 e. The number of rotatable bonds is 8. The molecule has 1 atom stereocenters. The van der Waals surface area contributed by atoms with E-state index in [1.54, 1.807) is 23.6 Å². The van der Waals surface area contributed by atoms with Crippen LogP contribution in [0.3, 0.4) is 0 Å². The number of aromatic nitrogens is 3. The zero-order valence-electron chi connectivity index (χ0n) is 20.2. The number of carboxylic acid groups (broad SMARTS) is 1. The molecule has 8 heteroatoms. The number of carboxylic acids is 1. The van der Waals surface area contributed by atoms with Crippen LogP contribution in [0.2, 0.25) is 5.02 Å². The molecule has 2 aromatic heterocycles. The minimum Gasteiger partial charge on any atom is -0.478 e. The van der Waals surface area contributed by atoms with Crippen molar-refractivity contribution in [3.05, 3.63) is 95.5 Å². The molecular weight excluding hydrogens is 506 g/mol. The molecule has 5 aromatic rings. The summed E-state index contributed by atoms with van der Waals surface area (Å²) in [6.45, 7) is 3.66. The lowest BCUT2D eigenvalue weighted by molar-refractivity contribution is -0.147. The molecule has 2 heterocycles. The molecular formula is C29H24ClN3O3S. The molecule has 0 aliphatic carbocycles. The van der Waals surface area contributed by atoms with E-state index < -0.39 is 12.1 Å². The summed E-state index contributed by atoms with van der Waals surface area (Å²) in [7, 11) is 0. The van der Waals surface area contributed by atoms with Gasteiger partial charge in [0.2, 0.25) is 0 Å². The first-order chi connectivity index (χ1) is 17.9. The van der Waals surface area contributed by atoms with Crippen molar-refractivity contribution < 1.29 is 14.6 Å². The molecule has 0 spiro atoms. The van der Waals surface area contributed by atoms with E-state index in [0.29, 0.717) is 10.8 Å². The van der Waals surface area contributed by atoms with E-state index in [2.05, 4.69) is 4.98 Å². The van der Waals surface area contributed by atoms with Crippen molar-refractivity contribution in [3.63, 3.8) is 0 Å². The topological polar surface area (TPSA) is 77.2 Å². The van der Waals surface area contributed by atoms with E-state index in [1.165, 1.54) is 0 Å². The SMILES string of the molecule is CC(C)C(Oc1cccc(-c2ccccc2-c2cc(-c3nccs3)n(-c3ccc(Cl)cc3)n2)c1)C(=O)O. The van der Waals surface area contributed by atoms with E-state index in [4.69, 9.17) is 21.4 Å². The molecule has 0 saturated heterocycles. The number of thiazole rings is 1. The van der Waals surface area contributed by atoms with Gasteiger partial charge in [-0.1, -0.05) is 61.8 Å². The molecule has 3 aromatic carbocycles. The molecule has 1 unspecified atom stereocenters. The number of carbonyl (C=O) groups is 1. The quantitative estimate of drug-likeness (QED) is 0.225. The molecule has 1 N–H and O–H groups in total. The fraction of sp³-hybridized carbons (Fsp3) is 0.138. The van der Waals surface area contributed by atoms with Gasteiger partial charge < -0.3 is 9.84 Å². The van der Waals surface area contributed by atoms with Gasteiger partial charge in [0.05, 0.1) is 11.4 Å². The van der Waals surface area contributed by atoms with E-state index in [9.17, 15) is 9.90 Å². The number of aliphatic carboxylic acids is 1. The van der Waals surface area contributed by atoms with E-state index in [0.717, 1.165) is 38.8 Å². The molecule has 0 radical (unpaired) electrons. The first kappa shape index (κ1) is 24.7. The predicted octanol–water partition coefficient (Wildman–Crippen LogP) is 7.47. The number of ether oxygens (including phenoxy) is 1. The van der Waals surface area contributed by atoms with Crippen LogP contribution >= 0.6 is 22.9 Å². The monoisotopic (exact) mass is 529 g/mol. The lowest BCUT2D eigenvalue weighted by atomic mass is 9.97. The average Bonchev–Trinajstić information content (AvgIpc) is 3.58. The van der Waals surface area contributed by atoms with Crippen molar-refractivity contribution in [3.8, 4) is 44.5 Å². The van der Waals surface area contributed by atoms with Gasteiger partial charge in [0.25, 0.3) is 0 Å². The molecule has 0 fully saturated rings. The molecule has 0 amide bonds. The largest absolute Gasteiger partial charge is 0.478 e. The van der Waals surface area contributed by atoms with Gasteiger partial charge in [-0.25, -0.2) is 14.5 Å². The van der Waals surface area contributed by atoms with Gasteiger partial charge in [0.15, 0.2) is 6.10 Å². The minimum atomic E-state index is -0.983. The minimum absolute atomic E-state index is 0.172. The number of benzene rings is 3. The number of halogens is 1. The van der Waals surface area contributed by atoms with Crippen molar-refractivity contribution in [2.45, 2.75) is 20.0 Å². The Hall–Kier alpha value is -3.94. The third-order valence-corrected chi connectivity index (χ3v) is 6.94. The van der Waals surface area contributed by atoms with Crippen LogP contribution in [0.1, 0.15) is 13.8 Å². The first-order valence-electron chi connectivity index (χ1n) is 11.8. The highest BCUT2D eigenvalue weighted by Crippen LogP contribution is 2.36. The maximum absolute atomic E-state index is 11.7. The van der Waals surface area contributed by atoms with Crippen LogP contribution < -0.4 is 4.74 Å². The third kappa shape index (κ3) is 5.28. The number of hydrogen-bond acceptors (Lipinski definition) is 5. The number of nitrogens with zero attached hydrogens (tertiary/aromatic N) is 3. The molecule has 0 aliphatic rings. The highest BCUT2D eigenvalue weighted by Gasteiger charge is 2.24. The fourth-order valence-corrected chi connectivity index (χ4v) is 4.87. The lowest BCUT2D eigenvalue weighted by Gasteiger charge is -2.19. The van der Waals surface area contributed by atoms with E-state index >= 15 is 0 Å². The van der Waals surface area contributed by atoms with Crippen molar-refractivity contribution in [1.29, 1.82) is 0 Å². The molecule has 0 bridgehead atoms. The lowest BCUT2D eigenvalue weighted by Crippen LogP contribution is -2.32. The van der Waals surface area contributed by atoms with Crippen molar-refractivity contribution in [1.82, 2.24) is 14.8 Å². The molecule has 0 aliphatic heterocycles. The first-order valence-corrected chi connectivity index (χ1v) is 13.0. The Morgan fingerprint density at radius 2 is 1.76 bits per heavy atom. The molecule has 0 saturated carbocycles. The van der Waals surface area contributed by atoms with Gasteiger partial charge in [0, 0.05) is 28.1 Å². The normalized spacial score (nSPS) is 12.0. The van der Waals surface area contributed by atoms with Crippen LogP contribution in [0.25, 0.3) is 38.8 Å². The van der Waals surface area contributed by atoms with Crippen molar-refractivity contribution in [2.24, 2.45) is 5.92 Å².